The third-order valence-corrected chi connectivity index (χ3v) is 5.49. The molecule has 0 saturated heterocycles. The molecule has 10 nitrogen and oxygen atoms in total. The molecular weight excluding hydrogens is 473 g/mol. The Hall–Kier alpha value is -5.04. The van der Waals surface area contributed by atoms with E-state index in [4.69, 9.17) is 16.7 Å². The molecule has 1 unspecified atom stereocenters. The molecule has 0 bridgehead atoms. The van der Waals surface area contributed by atoms with Gasteiger partial charge in [0, 0.05) is 31.4 Å². The fraction of sp³-hybridized carbons (Fsp3) is 0.174. The van der Waals surface area contributed by atoms with Crippen LogP contribution >= 0.6 is 0 Å². The molecule has 1 atom stereocenters. The second kappa shape index (κ2) is 8.96. The van der Waals surface area contributed by atoms with Gasteiger partial charge >= 0.3 is 6.18 Å². The zero-order valence-electron chi connectivity index (χ0n) is 19.0. The molecule has 1 aliphatic rings. The minimum atomic E-state index is -4.58. The van der Waals surface area contributed by atoms with Gasteiger partial charge in [-0.1, -0.05) is 18.2 Å². The number of benzene rings is 1. The fourth-order valence-corrected chi connectivity index (χ4v) is 3.88. The number of nitrogens with one attached hydrogen (secondary N) is 2. The van der Waals surface area contributed by atoms with Crippen LogP contribution in [0, 0.1) is 22.8 Å². The Morgan fingerprint density at radius 1 is 1.17 bits per heavy atom. The van der Waals surface area contributed by atoms with Gasteiger partial charge in [-0.3, -0.25) is 5.32 Å². The van der Waals surface area contributed by atoms with Crippen LogP contribution in [0.25, 0.3) is 11.1 Å². The van der Waals surface area contributed by atoms with Crippen molar-refractivity contribution in [3.63, 3.8) is 0 Å². The predicted molar refractivity (Wildman–Crippen MR) is 128 cm³/mol. The van der Waals surface area contributed by atoms with Crippen LogP contribution in [0.3, 0.4) is 0 Å². The second-order valence-electron chi connectivity index (χ2n) is 8.01. The predicted octanol–water partition coefficient (Wildman–Crippen LogP) is 3.21. The molecule has 1 aromatic carbocycles. The van der Waals surface area contributed by atoms with E-state index in [0.29, 0.717) is 22.5 Å². The van der Waals surface area contributed by atoms with Gasteiger partial charge in [0.15, 0.2) is 6.19 Å². The Morgan fingerprint density at radius 2 is 1.92 bits per heavy atom. The molecule has 0 fully saturated rings. The minimum absolute atomic E-state index is 0.0273. The van der Waals surface area contributed by atoms with Gasteiger partial charge in [-0.05, 0) is 23.3 Å². The molecule has 0 amide bonds. The largest absolute Gasteiger partial charge is 0.417 e. The standard InChI is InChI=1S/C23H19F3N10/c1-36(2)21-14(7-13(9-31-21)23(24,25)26)11-4-3-5-12(6-11)18-16-17(29)15(8-27)19(30)34-20(16)35-22(33-18)32-10-28/h3-7,9,18H,1-2H3,(H6,29,30,32,33,34,35). The first-order chi connectivity index (χ1) is 17.0. The van der Waals surface area contributed by atoms with Crippen molar-refractivity contribution >= 4 is 29.1 Å². The van der Waals surface area contributed by atoms with E-state index in [1.807, 2.05) is 6.07 Å². The zero-order chi connectivity index (χ0) is 26.2. The lowest BCUT2D eigenvalue weighted by molar-refractivity contribution is -0.137. The third-order valence-electron chi connectivity index (χ3n) is 5.49. The van der Waals surface area contributed by atoms with Crippen molar-refractivity contribution in [2.75, 3.05) is 35.8 Å². The van der Waals surface area contributed by atoms with Crippen LogP contribution in [0.4, 0.5) is 36.3 Å². The van der Waals surface area contributed by atoms with Crippen LogP contribution in [0.5, 0.6) is 0 Å². The lowest BCUT2D eigenvalue weighted by Gasteiger charge is -2.26. The Labute approximate surface area is 203 Å². The molecule has 1 aliphatic heterocycles. The molecule has 4 rings (SSSR count). The van der Waals surface area contributed by atoms with Gasteiger partial charge in [-0.25, -0.2) is 15.0 Å². The zero-order valence-corrected chi connectivity index (χ0v) is 19.0. The Morgan fingerprint density at radius 3 is 2.56 bits per heavy atom. The monoisotopic (exact) mass is 492 g/mol. The topological polar surface area (TPSA) is 165 Å². The first-order valence-electron chi connectivity index (χ1n) is 10.4. The number of nitrogens with two attached hydrogens (primary N) is 2. The molecule has 0 aliphatic carbocycles. The van der Waals surface area contributed by atoms with Gasteiger partial charge in [0.2, 0.25) is 5.96 Å². The summed E-state index contributed by atoms with van der Waals surface area (Å²) in [5.41, 5.74) is 12.8. The number of aromatic nitrogens is 2. The molecule has 3 heterocycles. The highest BCUT2D eigenvalue weighted by molar-refractivity contribution is 5.98. The number of fused-ring (bicyclic) bond motifs is 1. The lowest BCUT2D eigenvalue weighted by Crippen LogP contribution is -2.32. The summed E-state index contributed by atoms with van der Waals surface area (Å²) in [6.45, 7) is 0. The van der Waals surface area contributed by atoms with E-state index in [1.54, 1.807) is 49.5 Å². The summed E-state index contributed by atoms with van der Waals surface area (Å²) in [5.74, 6) is 0.493. The van der Waals surface area contributed by atoms with E-state index in [9.17, 15) is 18.4 Å². The molecule has 36 heavy (non-hydrogen) atoms. The number of aliphatic imine (C=N–C) groups is 1. The van der Waals surface area contributed by atoms with Crippen molar-refractivity contribution in [2.24, 2.45) is 4.99 Å². The van der Waals surface area contributed by atoms with Crippen molar-refractivity contribution in [1.29, 1.82) is 10.5 Å². The van der Waals surface area contributed by atoms with Gasteiger partial charge in [0.1, 0.15) is 35.1 Å². The van der Waals surface area contributed by atoms with E-state index in [0.717, 1.165) is 12.3 Å². The maximum Gasteiger partial charge on any atom is 0.417 e. The molecule has 6 N–H and O–H groups in total. The average molecular weight is 492 g/mol. The molecule has 3 aromatic rings. The summed E-state index contributed by atoms with van der Waals surface area (Å²) in [6, 6.07) is 8.78. The van der Waals surface area contributed by atoms with Gasteiger partial charge in [0.25, 0.3) is 0 Å². The second-order valence-corrected chi connectivity index (χ2v) is 8.01. The van der Waals surface area contributed by atoms with Crippen molar-refractivity contribution in [3.8, 4) is 23.4 Å². The maximum absolute atomic E-state index is 13.4. The first kappa shape index (κ1) is 24.1. The fourth-order valence-electron chi connectivity index (χ4n) is 3.88. The summed E-state index contributed by atoms with van der Waals surface area (Å²) in [7, 11) is 3.35. The molecule has 0 saturated carbocycles. The van der Waals surface area contributed by atoms with Crippen LogP contribution < -0.4 is 27.0 Å². The van der Waals surface area contributed by atoms with Crippen LogP contribution in [-0.4, -0.2) is 30.0 Å². The number of hydrogen-bond acceptors (Lipinski definition) is 10. The SMILES string of the molecule is CN(C)c1ncc(C(F)(F)F)cc1-c1cccc(C2N=C(NC#N)Nc3nc(N)c(C#N)c(N)c32)c1. The highest BCUT2D eigenvalue weighted by Crippen LogP contribution is 2.42. The van der Waals surface area contributed by atoms with Gasteiger partial charge < -0.3 is 21.7 Å². The van der Waals surface area contributed by atoms with Gasteiger partial charge in [0.05, 0.1) is 11.3 Å². The van der Waals surface area contributed by atoms with Crippen LogP contribution in [0.1, 0.15) is 28.3 Å². The summed E-state index contributed by atoms with van der Waals surface area (Å²) in [5, 5.41) is 23.8. The van der Waals surface area contributed by atoms with Gasteiger partial charge in [-0.2, -0.15) is 23.7 Å². The molecule has 13 heteroatoms. The van der Waals surface area contributed by atoms with Crippen molar-refractivity contribution in [3.05, 3.63) is 58.8 Å². The minimum Gasteiger partial charge on any atom is -0.397 e. The Balaban J connectivity index is 1.92. The average Bonchev–Trinajstić information content (AvgIpc) is 2.83. The number of guanidine groups is 1. The van der Waals surface area contributed by atoms with E-state index in [-0.39, 0.29) is 34.4 Å². The normalized spacial score (nSPS) is 14.5. The van der Waals surface area contributed by atoms with E-state index in [1.165, 1.54) is 0 Å². The van der Waals surface area contributed by atoms with Crippen molar-refractivity contribution < 1.29 is 13.2 Å². The summed E-state index contributed by atoms with van der Waals surface area (Å²) < 4.78 is 40.3. The summed E-state index contributed by atoms with van der Waals surface area (Å²) in [4.78, 5) is 14.3. The van der Waals surface area contributed by atoms with Crippen LogP contribution in [-0.2, 0) is 6.18 Å². The van der Waals surface area contributed by atoms with E-state index in [2.05, 4.69) is 25.6 Å². The number of nitrogens with zero attached hydrogens (tertiary/aromatic N) is 6. The smallest absolute Gasteiger partial charge is 0.397 e. The number of halogens is 3. The van der Waals surface area contributed by atoms with E-state index >= 15 is 0 Å². The highest BCUT2D eigenvalue weighted by atomic mass is 19.4. The number of anilines is 4. The molecule has 2 aromatic heterocycles. The number of rotatable bonds is 3. The van der Waals surface area contributed by atoms with Crippen LogP contribution in [0.15, 0.2) is 41.5 Å². The Bertz CT molecular complexity index is 1460. The maximum atomic E-state index is 13.4. The molecular formula is C23H19F3N10. The van der Waals surface area contributed by atoms with Gasteiger partial charge in [-0.15, -0.1) is 0 Å². The molecule has 0 radical (unpaired) electrons. The number of alkyl halides is 3. The summed E-state index contributed by atoms with van der Waals surface area (Å²) in [6.07, 6.45) is -2.02. The third kappa shape index (κ3) is 4.25. The molecule has 182 valence electrons. The number of hydrogen-bond donors (Lipinski definition) is 4. The first-order valence-corrected chi connectivity index (χ1v) is 10.4. The quantitative estimate of drug-likeness (QED) is 0.317. The Kier molecular flexibility index (Phi) is 6.00. The van der Waals surface area contributed by atoms with Crippen molar-refractivity contribution in [2.45, 2.75) is 12.2 Å². The van der Waals surface area contributed by atoms with E-state index < -0.39 is 17.8 Å². The number of nitrogen functional groups attached to an aromatic ring is 2. The molecule has 0 spiro atoms. The number of nitriles is 2. The lowest BCUT2D eigenvalue weighted by atomic mass is 9.92. The number of pyridine rings is 2. The summed E-state index contributed by atoms with van der Waals surface area (Å²) >= 11 is 0. The van der Waals surface area contributed by atoms with Crippen LogP contribution in [0.2, 0.25) is 0 Å². The van der Waals surface area contributed by atoms with Crippen molar-refractivity contribution in [1.82, 2.24) is 15.3 Å². The highest BCUT2D eigenvalue weighted by Gasteiger charge is 2.33.